The SMILES string of the molecule is COc1cc(OC)cc(-c2oc(NC(=O)O)c(O)c2O)c1. The van der Waals surface area contributed by atoms with E-state index in [0.717, 1.165) is 0 Å². The Bertz CT molecular complexity index is 655. The quantitative estimate of drug-likeness (QED) is 0.683. The number of amides is 1. The van der Waals surface area contributed by atoms with Crippen LogP contribution in [-0.2, 0) is 0 Å². The van der Waals surface area contributed by atoms with Gasteiger partial charge in [0.2, 0.25) is 17.4 Å². The third-order valence-electron chi connectivity index (χ3n) is 2.69. The number of hydrogen-bond donors (Lipinski definition) is 4. The minimum atomic E-state index is -1.44. The first-order valence-electron chi connectivity index (χ1n) is 5.74. The van der Waals surface area contributed by atoms with Crippen molar-refractivity contribution in [3.63, 3.8) is 0 Å². The highest BCUT2D eigenvalue weighted by Crippen LogP contribution is 2.46. The summed E-state index contributed by atoms with van der Waals surface area (Å²) in [5, 5.41) is 30.0. The molecule has 21 heavy (non-hydrogen) atoms. The lowest BCUT2D eigenvalue weighted by molar-refractivity contribution is 0.209. The molecular formula is C13H13NO7. The minimum absolute atomic E-state index is 0.117. The van der Waals surface area contributed by atoms with Crippen LogP contribution in [0.1, 0.15) is 0 Å². The highest BCUT2D eigenvalue weighted by atomic mass is 16.5. The highest BCUT2D eigenvalue weighted by Gasteiger charge is 2.23. The Labute approximate surface area is 119 Å². The van der Waals surface area contributed by atoms with Gasteiger partial charge in [0.25, 0.3) is 0 Å². The molecule has 0 saturated carbocycles. The molecule has 0 bridgehead atoms. The van der Waals surface area contributed by atoms with Gasteiger partial charge in [-0.25, -0.2) is 4.79 Å². The van der Waals surface area contributed by atoms with Crippen molar-refractivity contribution in [1.82, 2.24) is 0 Å². The van der Waals surface area contributed by atoms with Crippen LogP contribution in [0.2, 0.25) is 0 Å². The molecule has 0 fully saturated rings. The summed E-state index contributed by atoms with van der Waals surface area (Å²) in [6, 6.07) is 4.68. The molecule has 2 aromatic rings. The van der Waals surface area contributed by atoms with Crippen molar-refractivity contribution in [3.05, 3.63) is 18.2 Å². The number of hydrogen-bond acceptors (Lipinski definition) is 6. The van der Waals surface area contributed by atoms with Crippen molar-refractivity contribution in [2.24, 2.45) is 0 Å². The molecule has 0 spiro atoms. The van der Waals surface area contributed by atoms with Gasteiger partial charge >= 0.3 is 6.09 Å². The Morgan fingerprint density at radius 1 is 1.10 bits per heavy atom. The van der Waals surface area contributed by atoms with Crippen molar-refractivity contribution in [2.45, 2.75) is 0 Å². The number of carbonyl (C=O) groups is 1. The fourth-order valence-corrected chi connectivity index (χ4v) is 1.73. The van der Waals surface area contributed by atoms with Crippen molar-refractivity contribution in [1.29, 1.82) is 0 Å². The zero-order valence-electron chi connectivity index (χ0n) is 11.2. The molecule has 0 atom stereocenters. The molecule has 4 N–H and O–H groups in total. The largest absolute Gasteiger partial charge is 0.502 e. The molecule has 0 unspecified atom stereocenters. The maximum atomic E-state index is 10.6. The van der Waals surface area contributed by atoms with E-state index in [4.69, 9.17) is 19.0 Å². The summed E-state index contributed by atoms with van der Waals surface area (Å²) < 4.78 is 15.3. The van der Waals surface area contributed by atoms with Gasteiger partial charge in [0.15, 0.2) is 5.76 Å². The first kappa shape index (κ1) is 14.4. The van der Waals surface area contributed by atoms with Crippen LogP contribution < -0.4 is 14.8 Å². The van der Waals surface area contributed by atoms with Crippen LogP contribution in [0, 0.1) is 0 Å². The number of benzene rings is 1. The summed E-state index contributed by atoms with van der Waals surface area (Å²) in [7, 11) is 2.91. The van der Waals surface area contributed by atoms with E-state index < -0.39 is 23.5 Å². The average molecular weight is 295 g/mol. The number of anilines is 1. The number of methoxy groups -OCH3 is 2. The fourth-order valence-electron chi connectivity index (χ4n) is 1.73. The normalized spacial score (nSPS) is 10.2. The van der Waals surface area contributed by atoms with E-state index in [0.29, 0.717) is 17.1 Å². The second kappa shape index (κ2) is 5.53. The van der Waals surface area contributed by atoms with E-state index in [-0.39, 0.29) is 5.76 Å². The van der Waals surface area contributed by atoms with Crippen LogP contribution in [0.25, 0.3) is 11.3 Å². The summed E-state index contributed by atoms with van der Waals surface area (Å²) in [6.07, 6.45) is -1.44. The molecule has 112 valence electrons. The minimum Gasteiger partial charge on any atom is -0.502 e. The zero-order chi connectivity index (χ0) is 15.6. The van der Waals surface area contributed by atoms with Gasteiger partial charge in [-0.1, -0.05) is 0 Å². The van der Waals surface area contributed by atoms with Crippen LogP contribution >= 0.6 is 0 Å². The number of rotatable bonds is 4. The summed E-state index contributed by atoms with van der Waals surface area (Å²) in [5.41, 5.74) is 0.345. The number of furan rings is 1. The summed E-state index contributed by atoms with van der Waals surface area (Å²) in [4.78, 5) is 10.6. The summed E-state index contributed by atoms with van der Waals surface area (Å²) in [6.45, 7) is 0. The molecule has 0 aliphatic carbocycles. The predicted molar refractivity (Wildman–Crippen MR) is 72.2 cm³/mol. The third-order valence-corrected chi connectivity index (χ3v) is 2.69. The van der Waals surface area contributed by atoms with E-state index >= 15 is 0 Å². The Morgan fingerprint density at radius 3 is 2.14 bits per heavy atom. The van der Waals surface area contributed by atoms with Crippen LogP contribution in [-0.4, -0.2) is 35.6 Å². The molecule has 0 saturated heterocycles. The standard InChI is InChI=1S/C13H13NO7/c1-19-7-3-6(4-8(5-7)20-2)11-9(15)10(16)12(21-11)14-13(17)18/h3-5,14-16H,1-2H3,(H,17,18). The molecule has 2 rings (SSSR count). The molecule has 0 radical (unpaired) electrons. The van der Waals surface area contributed by atoms with E-state index in [1.807, 2.05) is 5.32 Å². The fraction of sp³-hybridized carbons (Fsp3) is 0.154. The molecule has 8 heteroatoms. The van der Waals surface area contributed by atoms with Crippen molar-refractivity contribution < 1.29 is 34.0 Å². The van der Waals surface area contributed by atoms with Gasteiger partial charge < -0.3 is 29.2 Å². The number of ether oxygens (including phenoxy) is 2. The lowest BCUT2D eigenvalue weighted by Crippen LogP contribution is -2.06. The molecule has 0 aliphatic heterocycles. The lowest BCUT2D eigenvalue weighted by Gasteiger charge is -2.07. The average Bonchev–Trinajstić information content (AvgIpc) is 2.74. The maximum Gasteiger partial charge on any atom is 0.411 e. The molecular weight excluding hydrogens is 282 g/mol. The van der Waals surface area contributed by atoms with E-state index in [1.54, 1.807) is 6.07 Å². The van der Waals surface area contributed by atoms with Crippen LogP contribution in [0.15, 0.2) is 22.6 Å². The molecule has 1 aromatic heterocycles. The highest BCUT2D eigenvalue weighted by molar-refractivity contribution is 5.86. The second-order valence-electron chi connectivity index (χ2n) is 3.99. The molecule has 0 aliphatic rings. The topological polar surface area (TPSA) is 121 Å². The van der Waals surface area contributed by atoms with Gasteiger partial charge in [-0.15, -0.1) is 0 Å². The summed E-state index contributed by atoms with van der Waals surface area (Å²) >= 11 is 0. The Morgan fingerprint density at radius 2 is 1.67 bits per heavy atom. The summed E-state index contributed by atoms with van der Waals surface area (Å²) in [5.74, 6) is -1.01. The monoisotopic (exact) mass is 295 g/mol. The van der Waals surface area contributed by atoms with Gasteiger partial charge in [0.1, 0.15) is 11.5 Å². The van der Waals surface area contributed by atoms with Crippen LogP contribution in [0.5, 0.6) is 23.0 Å². The Balaban J connectivity index is 2.53. The molecule has 1 amide bonds. The van der Waals surface area contributed by atoms with Gasteiger partial charge in [-0.3, -0.25) is 5.32 Å². The first-order chi connectivity index (χ1) is 9.96. The van der Waals surface area contributed by atoms with Crippen molar-refractivity contribution in [3.8, 4) is 34.3 Å². The number of aromatic hydroxyl groups is 2. The van der Waals surface area contributed by atoms with Crippen molar-refractivity contribution >= 4 is 12.0 Å². The Kier molecular flexibility index (Phi) is 3.79. The van der Waals surface area contributed by atoms with Gasteiger partial charge in [0.05, 0.1) is 14.2 Å². The van der Waals surface area contributed by atoms with Gasteiger partial charge in [0, 0.05) is 11.6 Å². The van der Waals surface area contributed by atoms with E-state index in [1.165, 1.54) is 26.4 Å². The Hall–Kier alpha value is -3.03. The smallest absolute Gasteiger partial charge is 0.411 e. The molecule has 1 aromatic carbocycles. The molecule has 8 nitrogen and oxygen atoms in total. The van der Waals surface area contributed by atoms with Gasteiger partial charge in [-0.2, -0.15) is 0 Å². The zero-order valence-corrected chi connectivity index (χ0v) is 11.2. The first-order valence-corrected chi connectivity index (χ1v) is 5.74. The second-order valence-corrected chi connectivity index (χ2v) is 3.99. The van der Waals surface area contributed by atoms with E-state index in [2.05, 4.69) is 0 Å². The maximum absolute atomic E-state index is 10.6. The number of carboxylic acid groups (broad SMARTS) is 1. The predicted octanol–water partition coefficient (Wildman–Crippen LogP) is 2.46. The lowest BCUT2D eigenvalue weighted by atomic mass is 10.1. The van der Waals surface area contributed by atoms with E-state index in [9.17, 15) is 15.0 Å². The third kappa shape index (κ3) is 2.78. The van der Waals surface area contributed by atoms with Crippen LogP contribution in [0.3, 0.4) is 0 Å². The molecule has 1 heterocycles. The van der Waals surface area contributed by atoms with Crippen molar-refractivity contribution in [2.75, 3.05) is 19.5 Å². The number of nitrogens with one attached hydrogen (secondary N) is 1. The van der Waals surface area contributed by atoms with Crippen LogP contribution in [0.4, 0.5) is 10.7 Å². The van der Waals surface area contributed by atoms with Gasteiger partial charge in [-0.05, 0) is 12.1 Å².